The molecule has 0 bridgehead atoms. The van der Waals surface area contributed by atoms with Crippen LogP contribution in [-0.2, 0) is 10.0 Å². The van der Waals surface area contributed by atoms with Gasteiger partial charge in [-0.25, -0.2) is 8.42 Å². The Labute approximate surface area is 78.4 Å². The van der Waals surface area contributed by atoms with Gasteiger partial charge in [-0.2, -0.15) is 0 Å². The van der Waals surface area contributed by atoms with Crippen molar-refractivity contribution in [1.82, 2.24) is 0 Å². The fourth-order valence-electron chi connectivity index (χ4n) is 0.688. The first kappa shape index (κ1) is 9.93. The lowest BCUT2D eigenvalue weighted by atomic mass is 10.5. The summed E-state index contributed by atoms with van der Waals surface area (Å²) in [6.45, 7) is 0. The molecule has 0 aliphatic carbocycles. The van der Waals surface area contributed by atoms with E-state index in [0.29, 0.717) is 0 Å². The third-order valence-corrected chi connectivity index (χ3v) is 2.56. The van der Waals surface area contributed by atoms with Crippen molar-refractivity contribution in [3.8, 4) is 0 Å². The molecule has 0 aromatic carbocycles. The molecule has 0 radical (unpaired) electrons. The van der Waals surface area contributed by atoms with E-state index >= 15 is 0 Å². The number of nitrogens with zero attached hydrogens (tertiary/aromatic N) is 1. The fourth-order valence-corrected chi connectivity index (χ4v) is 1.96. The average molecular weight is 222 g/mol. The number of rotatable bonds is 3. The van der Waals surface area contributed by atoms with Gasteiger partial charge in [0.15, 0.2) is 0 Å². The van der Waals surface area contributed by atoms with Crippen LogP contribution in [-0.4, -0.2) is 19.6 Å². The molecular formula is C5H6N2O4S2. The minimum atomic E-state index is -3.36. The number of nitrogens with one attached hydrogen (secondary N) is 1. The number of hydrogen-bond acceptors (Lipinski definition) is 5. The van der Waals surface area contributed by atoms with Crippen molar-refractivity contribution in [2.75, 3.05) is 11.0 Å². The fraction of sp³-hybridized carbons (Fsp3) is 0.200. The van der Waals surface area contributed by atoms with Crippen LogP contribution in [0.4, 0.5) is 10.7 Å². The summed E-state index contributed by atoms with van der Waals surface area (Å²) < 4.78 is 23.5. The van der Waals surface area contributed by atoms with Gasteiger partial charge in [-0.15, -0.1) is 0 Å². The molecule has 0 unspecified atom stereocenters. The Bertz CT molecular complexity index is 421. The summed E-state index contributed by atoms with van der Waals surface area (Å²) in [5.74, 6) is 0. The predicted octanol–water partition coefficient (Wildman–Crippen LogP) is 1.03. The molecule has 8 heteroatoms. The smallest absolute Gasteiger partial charge is 0.283 e. The number of anilines is 1. The summed E-state index contributed by atoms with van der Waals surface area (Å²) in [6, 6.07) is 1.17. The van der Waals surface area contributed by atoms with E-state index < -0.39 is 14.9 Å². The molecule has 72 valence electrons. The van der Waals surface area contributed by atoms with Crippen LogP contribution in [0.1, 0.15) is 0 Å². The topological polar surface area (TPSA) is 89.3 Å². The number of sulfonamides is 1. The van der Waals surface area contributed by atoms with E-state index in [1.807, 2.05) is 0 Å². The largest absolute Gasteiger partial charge is 0.326 e. The van der Waals surface area contributed by atoms with E-state index in [2.05, 4.69) is 4.72 Å². The van der Waals surface area contributed by atoms with E-state index in [0.717, 1.165) is 17.6 Å². The van der Waals surface area contributed by atoms with Crippen molar-refractivity contribution >= 4 is 32.0 Å². The van der Waals surface area contributed by atoms with Crippen molar-refractivity contribution in [3.05, 3.63) is 21.6 Å². The average Bonchev–Trinajstić information content (AvgIpc) is 2.31. The van der Waals surface area contributed by atoms with Gasteiger partial charge in [0.05, 0.1) is 22.9 Å². The molecule has 0 saturated carbocycles. The monoisotopic (exact) mass is 222 g/mol. The van der Waals surface area contributed by atoms with Gasteiger partial charge in [-0.3, -0.25) is 14.8 Å². The third kappa shape index (κ3) is 2.99. The van der Waals surface area contributed by atoms with Crippen molar-refractivity contribution in [2.45, 2.75) is 0 Å². The van der Waals surface area contributed by atoms with E-state index in [4.69, 9.17) is 0 Å². The van der Waals surface area contributed by atoms with Crippen LogP contribution in [0.3, 0.4) is 0 Å². The van der Waals surface area contributed by atoms with Crippen molar-refractivity contribution in [2.24, 2.45) is 0 Å². The van der Waals surface area contributed by atoms with Crippen LogP contribution in [0.2, 0.25) is 0 Å². The second-order valence-electron chi connectivity index (χ2n) is 2.30. The summed E-state index contributed by atoms with van der Waals surface area (Å²) >= 11 is 0.872. The summed E-state index contributed by atoms with van der Waals surface area (Å²) in [5, 5.41) is 11.5. The second kappa shape index (κ2) is 3.30. The van der Waals surface area contributed by atoms with Gasteiger partial charge in [-0.1, -0.05) is 11.3 Å². The van der Waals surface area contributed by atoms with E-state index in [1.54, 1.807) is 0 Å². The quantitative estimate of drug-likeness (QED) is 0.611. The zero-order valence-electron chi connectivity index (χ0n) is 6.55. The normalized spacial score (nSPS) is 11.2. The zero-order chi connectivity index (χ0) is 10.1. The van der Waals surface area contributed by atoms with Gasteiger partial charge in [0.1, 0.15) is 0 Å². The molecule has 0 aliphatic heterocycles. The summed E-state index contributed by atoms with van der Waals surface area (Å²) in [7, 11) is -3.36. The van der Waals surface area contributed by atoms with Gasteiger partial charge in [0, 0.05) is 5.38 Å². The molecule has 1 aromatic heterocycles. The standard InChI is InChI=1S/C5H6N2O4S2/c1-13(10,11)6-4-2-5(7(8)9)12-3-4/h2-3,6H,1H3. The number of hydrogen-bond donors (Lipinski definition) is 1. The van der Waals surface area contributed by atoms with Gasteiger partial charge in [0.2, 0.25) is 10.0 Å². The lowest BCUT2D eigenvalue weighted by molar-refractivity contribution is -0.380. The Hall–Kier alpha value is -1.15. The molecule has 13 heavy (non-hydrogen) atoms. The summed E-state index contributed by atoms with van der Waals surface area (Å²) in [6.07, 6.45) is 0.983. The summed E-state index contributed by atoms with van der Waals surface area (Å²) in [5.41, 5.74) is 0.221. The molecule has 0 amide bonds. The van der Waals surface area contributed by atoms with Crippen molar-refractivity contribution in [3.63, 3.8) is 0 Å². The number of thiophene rings is 1. The Kier molecular flexibility index (Phi) is 2.52. The molecular weight excluding hydrogens is 216 g/mol. The van der Waals surface area contributed by atoms with Crippen LogP contribution in [0.25, 0.3) is 0 Å². The highest BCUT2D eigenvalue weighted by molar-refractivity contribution is 7.92. The zero-order valence-corrected chi connectivity index (χ0v) is 8.18. The highest BCUT2D eigenvalue weighted by atomic mass is 32.2. The van der Waals surface area contributed by atoms with Crippen molar-refractivity contribution in [1.29, 1.82) is 0 Å². The summed E-state index contributed by atoms with van der Waals surface area (Å²) in [4.78, 5) is 9.65. The highest BCUT2D eigenvalue weighted by Crippen LogP contribution is 2.26. The first-order chi connectivity index (χ1) is 5.88. The molecule has 1 aromatic rings. The van der Waals surface area contributed by atoms with Crippen molar-refractivity contribution < 1.29 is 13.3 Å². The van der Waals surface area contributed by atoms with Crippen LogP contribution in [0.5, 0.6) is 0 Å². The molecule has 1 heterocycles. The van der Waals surface area contributed by atoms with E-state index in [9.17, 15) is 18.5 Å². The van der Waals surface area contributed by atoms with Gasteiger partial charge < -0.3 is 0 Å². The number of nitro groups is 1. The molecule has 0 saturated heterocycles. The minimum absolute atomic E-state index is 0.0915. The molecule has 0 atom stereocenters. The molecule has 1 N–H and O–H groups in total. The lowest BCUT2D eigenvalue weighted by Crippen LogP contribution is -2.08. The van der Waals surface area contributed by atoms with Crippen LogP contribution >= 0.6 is 11.3 Å². The molecule has 0 aliphatic rings. The SMILES string of the molecule is CS(=O)(=O)Nc1csc([N+](=O)[O-])c1. The maximum absolute atomic E-state index is 10.7. The Balaban J connectivity index is 2.87. The first-order valence-electron chi connectivity index (χ1n) is 3.09. The van der Waals surface area contributed by atoms with Gasteiger partial charge in [0.25, 0.3) is 0 Å². The Morgan fingerprint density at radius 1 is 1.62 bits per heavy atom. The van der Waals surface area contributed by atoms with E-state index in [1.165, 1.54) is 11.4 Å². The minimum Gasteiger partial charge on any atom is -0.283 e. The third-order valence-electron chi connectivity index (χ3n) is 1.07. The Morgan fingerprint density at radius 2 is 2.23 bits per heavy atom. The predicted molar refractivity (Wildman–Crippen MR) is 49.4 cm³/mol. The van der Waals surface area contributed by atoms with Gasteiger partial charge >= 0.3 is 5.00 Å². The molecule has 1 rings (SSSR count). The van der Waals surface area contributed by atoms with Crippen LogP contribution in [0, 0.1) is 10.1 Å². The lowest BCUT2D eigenvalue weighted by Gasteiger charge is -1.96. The maximum Gasteiger partial charge on any atom is 0.326 e. The van der Waals surface area contributed by atoms with E-state index in [-0.39, 0.29) is 10.7 Å². The molecule has 6 nitrogen and oxygen atoms in total. The molecule has 0 fully saturated rings. The second-order valence-corrected chi connectivity index (χ2v) is 4.94. The maximum atomic E-state index is 10.7. The first-order valence-corrected chi connectivity index (χ1v) is 5.86. The van der Waals surface area contributed by atoms with Crippen LogP contribution in [0.15, 0.2) is 11.4 Å². The molecule has 0 spiro atoms. The van der Waals surface area contributed by atoms with Gasteiger partial charge in [-0.05, 0) is 0 Å². The Morgan fingerprint density at radius 3 is 2.62 bits per heavy atom. The van der Waals surface area contributed by atoms with Crippen LogP contribution < -0.4 is 4.72 Å². The highest BCUT2D eigenvalue weighted by Gasteiger charge is 2.11.